The van der Waals surface area contributed by atoms with Gasteiger partial charge in [-0.05, 0) is 63.0 Å². The quantitative estimate of drug-likeness (QED) is 0.857. The molecule has 0 aromatic heterocycles. The molecule has 1 atom stereocenters. The topological polar surface area (TPSA) is 15.3 Å². The van der Waals surface area contributed by atoms with Gasteiger partial charge in [-0.15, -0.1) is 0 Å². The Hall–Kier alpha value is -0.860. The Morgan fingerprint density at radius 2 is 2.00 bits per heavy atom. The highest BCUT2D eigenvalue weighted by Gasteiger charge is 2.20. The first-order chi connectivity index (χ1) is 8.43. The Bertz CT molecular complexity index is 369. The van der Waals surface area contributed by atoms with Gasteiger partial charge in [-0.1, -0.05) is 24.3 Å². The van der Waals surface area contributed by atoms with E-state index in [-0.39, 0.29) is 0 Å². The largest absolute Gasteiger partial charge is 0.310 e. The van der Waals surface area contributed by atoms with Crippen molar-refractivity contribution in [1.29, 1.82) is 0 Å². The molecule has 17 heavy (non-hydrogen) atoms. The fourth-order valence-electron chi connectivity index (χ4n) is 3.17. The number of fused-ring (bicyclic) bond motifs is 1. The Morgan fingerprint density at radius 1 is 1.18 bits per heavy atom. The Labute approximate surface area is 104 Å². The van der Waals surface area contributed by atoms with Crippen LogP contribution in [-0.2, 0) is 6.42 Å². The maximum atomic E-state index is 3.67. The van der Waals surface area contributed by atoms with E-state index in [0.717, 1.165) is 6.54 Å². The van der Waals surface area contributed by atoms with Crippen LogP contribution in [0.1, 0.15) is 36.4 Å². The average Bonchev–Trinajstić information content (AvgIpc) is 2.89. The van der Waals surface area contributed by atoms with Crippen LogP contribution in [0.3, 0.4) is 0 Å². The van der Waals surface area contributed by atoms with Crippen molar-refractivity contribution in [2.24, 2.45) is 0 Å². The molecule has 92 valence electrons. The second-order valence-electron chi connectivity index (χ2n) is 5.29. The summed E-state index contributed by atoms with van der Waals surface area (Å²) >= 11 is 0. The van der Waals surface area contributed by atoms with E-state index >= 15 is 0 Å². The first kappa shape index (κ1) is 11.2. The summed E-state index contributed by atoms with van der Waals surface area (Å²) in [5, 5.41) is 3.67. The molecule has 0 spiro atoms. The van der Waals surface area contributed by atoms with Gasteiger partial charge in [0.25, 0.3) is 0 Å². The maximum Gasteiger partial charge on any atom is 0.0335 e. The smallest absolute Gasteiger partial charge is 0.0335 e. The van der Waals surface area contributed by atoms with Crippen molar-refractivity contribution in [3.8, 4) is 0 Å². The molecule has 2 aliphatic heterocycles. The summed E-state index contributed by atoms with van der Waals surface area (Å²) < 4.78 is 0. The minimum atomic E-state index is 0.584. The van der Waals surface area contributed by atoms with Gasteiger partial charge in [0, 0.05) is 6.04 Å². The molecule has 1 saturated heterocycles. The van der Waals surface area contributed by atoms with Crippen molar-refractivity contribution in [2.45, 2.75) is 31.7 Å². The molecule has 3 rings (SSSR count). The summed E-state index contributed by atoms with van der Waals surface area (Å²) in [6, 6.07) is 9.52. The van der Waals surface area contributed by atoms with Crippen LogP contribution in [0.2, 0.25) is 0 Å². The van der Waals surface area contributed by atoms with Gasteiger partial charge in [-0.25, -0.2) is 0 Å². The summed E-state index contributed by atoms with van der Waals surface area (Å²) in [6.45, 7) is 5.02. The van der Waals surface area contributed by atoms with Gasteiger partial charge in [0.05, 0.1) is 0 Å². The Morgan fingerprint density at radius 3 is 2.88 bits per heavy atom. The molecular formula is C15H22N2. The Kier molecular flexibility index (Phi) is 3.44. The van der Waals surface area contributed by atoms with Crippen LogP contribution < -0.4 is 5.32 Å². The van der Waals surface area contributed by atoms with Crippen molar-refractivity contribution in [3.05, 3.63) is 35.4 Å². The van der Waals surface area contributed by atoms with Crippen molar-refractivity contribution in [2.75, 3.05) is 26.2 Å². The lowest BCUT2D eigenvalue weighted by molar-refractivity contribution is 0.307. The Balaban J connectivity index is 1.64. The molecule has 1 fully saturated rings. The van der Waals surface area contributed by atoms with Crippen LogP contribution in [0.4, 0.5) is 0 Å². The lowest BCUT2D eigenvalue weighted by Gasteiger charge is -2.28. The molecule has 1 aromatic carbocycles. The van der Waals surface area contributed by atoms with E-state index < -0.39 is 0 Å². The second kappa shape index (κ2) is 5.19. The molecule has 1 N–H and O–H groups in total. The van der Waals surface area contributed by atoms with Crippen LogP contribution in [0.25, 0.3) is 0 Å². The number of hydrogen-bond acceptors (Lipinski definition) is 2. The van der Waals surface area contributed by atoms with Gasteiger partial charge in [0.15, 0.2) is 0 Å². The third kappa shape index (κ3) is 2.53. The standard InChI is InChI=1S/C15H22N2/c1-2-6-14-13(5-1)7-9-16-15(14)8-12-17-10-3-4-11-17/h1-2,5-6,15-16H,3-4,7-12H2. The highest BCUT2D eigenvalue weighted by molar-refractivity contribution is 5.32. The molecule has 0 aliphatic carbocycles. The van der Waals surface area contributed by atoms with Crippen molar-refractivity contribution >= 4 is 0 Å². The molecule has 0 saturated carbocycles. The molecule has 0 amide bonds. The molecule has 1 unspecified atom stereocenters. The number of benzene rings is 1. The summed E-state index contributed by atoms with van der Waals surface area (Å²) in [6.07, 6.45) is 5.25. The van der Waals surface area contributed by atoms with E-state index in [0.29, 0.717) is 6.04 Å². The zero-order valence-corrected chi connectivity index (χ0v) is 10.5. The predicted octanol–water partition coefficient (Wildman–Crippen LogP) is 2.36. The van der Waals surface area contributed by atoms with E-state index in [9.17, 15) is 0 Å². The van der Waals surface area contributed by atoms with E-state index in [1.165, 1.54) is 50.9 Å². The summed E-state index contributed by atoms with van der Waals surface area (Å²) in [5.74, 6) is 0. The van der Waals surface area contributed by atoms with E-state index in [1.54, 1.807) is 5.56 Å². The molecule has 1 aromatic rings. The lowest BCUT2D eigenvalue weighted by atomic mass is 9.92. The molecule has 2 aliphatic rings. The zero-order chi connectivity index (χ0) is 11.5. The van der Waals surface area contributed by atoms with Crippen molar-refractivity contribution < 1.29 is 0 Å². The summed E-state index contributed by atoms with van der Waals surface area (Å²) in [5.41, 5.74) is 3.09. The number of hydrogen-bond donors (Lipinski definition) is 1. The molecule has 2 nitrogen and oxygen atoms in total. The van der Waals surface area contributed by atoms with Gasteiger partial charge in [0.2, 0.25) is 0 Å². The number of nitrogens with one attached hydrogen (secondary N) is 1. The van der Waals surface area contributed by atoms with Gasteiger partial charge in [-0.3, -0.25) is 0 Å². The molecular weight excluding hydrogens is 208 g/mol. The molecule has 2 heteroatoms. The van der Waals surface area contributed by atoms with Gasteiger partial charge < -0.3 is 10.2 Å². The van der Waals surface area contributed by atoms with E-state index in [2.05, 4.69) is 34.5 Å². The third-order valence-electron chi connectivity index (χ3n) is 4.15. The van der Waals surface area contributed by atoms with E-state index in [1.807, 2.05) is 0 Å². The third-order valence-corrected chi connectivity index (χ3v) is 4.15. The van der Waals surface area contributed by atoms with Crippen molar-refractivity contribution in [3.63, 3.8) is 0 Å². The SMILES string of the molecule is c1ccc2c(c1)CCNC2CCN1CCCC1. The molecule has 2 heterocycles. The first-order valence-corrected chi connectivity index (χ1v) is 6.97. The average molecular weight is 230 g/mol. The van der Waals surface area contributed by atoms with Crippen LogP contribution >= 0.6 is 0 Å². The lowest BCUT2D eigenvalue weighted by Crippen LogP contribution is -2.32. The summed E-state index contributed by atoms with van der Waals surface area (Å²) in [4.78, 5) is 2.61. The molecule has 0 bridgehead atoms. The van der Waals surface area contributed by atoms with Crippen LogP contribution in [0, 0.1) is 0 Å². The van der Waals surface area contributed by atoms with Gasteiger partial charge in [-0.2, -0.15) is 0 Å². The minimum Gasteiger partial charge on any atom is -0.310 e. The number of nitrogens with zero attached hydrogens (tertiary/aromatic N) is 1. The number of rotatable bonds is 3. The fraction of sp³-hybridized carbons (Fsp3) is 0.600. The zero-order valence-electron chi connectivity index (χ0n) is 10.5. The predicted molar refractivity (Wildman–Crippen MR) is 71.2 cm³/mol. The molecule has 0 radical (unpaired) electrons. The minimum absolute atomic E-state index is 0.584. The van der Waals surface area contributed by atoms with Crippen molar-refractivity contribution in [1.82, 2.24) is 10.2 Å². The highest BCUT2D eigenvalue weighted by atomic mass is 15.1. The maximum absolute atomic E-state index is 3.67. The summed E-state index contributed by atoms with van der Waals surface area (Å²) in [7, 11) is 0. The van der Waals surface area contributed by atoms with Crippen LogP contribution in [-0.4, -0.2) is 31.1 Å². The number of likely N-dealkylation sites (tertiary alicyclic amines) is 1. The van der Waals surface area contributed by atoms with Gasteiger partial charge >= 0.3 is 0 Å². The van der Waals surface area contributed by atoms with Crippen LogP contribution in [0.5, 0.6) is 0 Å². The normalized spacial score (nSPS) is 24.8. The second-order valence-corrected chi connectivity index (χ2v) is 5.29. The fourth-order valence-corrected chi connectivity index (χ4v) is 3.17. The monoisotopic (exact) mass is 230 g/mol. The highest BCUT2D eigenvalue weighted by Crippen LogP contribution is 2.25. The van der Waals surface area contributed by atoms with Crippen LogP contribution in [0.15, 0.2) is 24.3 Å². The first-order valence-electron chi connectivity index (χ1n) is 6.97. The van der Waals surface area contributed by atoms with E-state index in [4.69, 9.17) is 0 Å². The van der Waals surface area contributed by atoms with Gasteiger partial charge in [0.1, 0.15) is 0 Å².